The van der Waals surface area contributed by atoms with Crippen LogP contribution in [0.15, 0.2) is 18.2 Å². The maximum atomic E-state index is 13.5. The number of aryl methyl sites for hydroxylation is 1. The Morgan fingerprint density at radius 1 is 1.37 bits per heavy atom. The first-order valence-corrected chi connectivity index (χ1v) is 6.72. The van der Waals surface area contributed by atoms with Crippen LogP contribution in [0.25, 0.3) is 0 Å². The van der Waals surface area contributed by atoms with E-state index in [1.165, 1.54) is 6.07 Å². The first kappa shape index (κ1) is 15.6. The predicted octanol–water partition coefficient (Wildman–Crippen LogP) is 2.70. The summed E-state index contributed by atoms with van der Waals surface area (Å²) in [5.41, 5.74) is 1.40. The largest absolute Gasteiger partial charge is 0.350 e. The van der Waals surface area contributed by atoms with Gasteiger partial charge in [-0.25, -0.2) is 4.39 Å². The molecule has 1 rings (SSSR count). The molecule has 0 spiro atoms. The zero-order valence-corrected chi connectivity index (χ0v) is 12.1. The van der Waals surface area contributed by atoms with Crippen molar-refractivity contribution >= 4 is 5.91 Å². The summed E-state index contributed by atoms with van der Waals surface area (Å²) in [5.74, 6) is -0.262. The van der Waals surface area contributed by atoms with Gasteiger partial charge in [0.1, 0.15) is 5.82 Å². The van der Waals surface area contributed by atoms with Gasteiger partial charge in [-0.3, -0.25) is 4.79 Å². The van der Waals surface area contributed by atoms with Crippen LogP contribution in [-0.2, 0) is 4.79 Å². The van der Waals surface area contributed by atoms with Gasteiger partial charge in [-0.05, 0) is 44.5 Å². The summed E-state index contributed by atoms with van der Waals surface area (Å²) in [6.07, 6.45) is 0.423. The first-order valence-electron chi connectivity index (χ1n) is 6.72. The molecule has 0 bridgehead atoms. The maximum Gasteiger partial charge on any atom is 0.222 e. The monoisotopic (exact) mass is 266 g/mol. The van der Waals surface area contributed by atoms with E-state index in [0.717, 1.165) is 12.1 Å². The van der Waals surface area contributed by atoms with Crippen molar-refractivity contribution in [3.8, 4) is 0 Å². The van der Waals surface area contributed by atoms with Crippen LogP contribution in [0.5, 0.6) is 0 Å². The summed E-state index contributed by atoms with van der Waals surface area (Å²) in [7, 11) is 0. The van der Waals surface area contributed by atoms with Crippen LogP contribution in [0, 0.1) is 12.7 Å². The summed E-state index contributed by atoms with van der Waals surface area (Å²) >= 11 is 0. The van der Waals surface area contributed by atoms with Gasteiger partial charge >= 0.3 is 0 Å². The fraction of sp³-hybridized carbons (Fsp3) is 0.533. The third-order valence-corrected chi connectivity index (χ3v) is 3.12. The first-order chi connectivity index (χ1) is 8.93. The van der Waals surface area contributed by atoms with Gasteiger partial charge < -0.3 is 10.6 Å². The molecule has 0 aromatic heterocycles. The smallest absolute Gasteiger partial charge is 0.222 e. The molecule has 2 atom stereocenters. The van der Waals surface area contributed by atoms with Crippen LogP contribution in [-0.4, -0.2) is 18.5 Å². The fourth-order valence-corrected chi connectivity index (χ4v) is 1.96. The number of benzene rings is 1. The van der Waals surface area contributed by atoms with E-state index in [1.54, 1.807) is 13.0 Å². The summed E-state index contributed by atoms with van der Waals surface area (Å²) in [6.45, 7) is 8.40. The summed E-state index contributed by atoms with van der Waals surface area (Å²) in [6, 6.07) is 5.02. The zero-order valence-electron chi connectivity index (χ0n) is 12.1. The van der Waals surface area contributed by atoms with E-state index in [-0.39, 0.29) is 23.8 Å². The molecule has 4 heteroatoms. The maximum absolute atomic E-state index is 13.5. The van der Waals surface area contributed by atoms with E-state index >= 15 is 0 Å². The molecular formula is C15H23FN2O. The molecule has 0 aliphatic heterocycles. The lowest BCUT2D eigenvalue weighted by molar-refractivity contribution is -0.122. The Hall–Kier alpha value is -1.42. The quantitative estimate of drug-likeness (QED) is 0.831. The molecule has 2 N–H and O–H groups in total. The molecule has 3 nitrogen and oxygen atoms in total. The molecule has 1 aromatic carbocycles. The van der Waals surface area contributed by atoms with E-state index in [2.05, 4.69) is 10.6 Å². The number of halogens is 1. The molecule has 0 saturated carbocycles. The van der Waals surface area contributed by atoms with Gasteiger partial charge in [0.15, 0.2) is 0 Å². The number of amides is 1. The SMILES string of the molecule is CCNC(C)CC(=O)NC(C)c1ccc(C)c(F)c1. The van der Waals surface area contributed by atoms with Crippen molar-refractivity contribution in [1.29, 1.82) is 0 Å². The molecule has 0 aliphatic carbocycles. The normalized spacial score (nSPS) is 13.9. The van der Waals surface area contributed by atoms with E-state index in [1.807, 2.05) is 26.8 Å². The fourth-order valence-electron chi connectivity index (χ4n) is 1.96. The Labute approximate surface area is 114 Å². The molecule has 2 unspecified atom stereocenters. The number of carbonyl (C=O) groups excluding carboxylic acids is 1. The van der Waals surface area contributed by atoms with Crippen molar-refractivity contribution in [3.05, 3.63) is 35.1 Å². The van der Waals surface area contributed by atoms with Crippen LogP contribution < -0.4 is 10.6 Å². The van der Waals surface area contributed by atoms with Crippen molar-refractivity contribution in [3.63, 3.8) is 0 Å². The van der Waals surface area contributed by atoms with Crippen molar-refractivity contribution in [2.75, 3.05) is 6.54 Å². The highest BCUT2D eigenvalue weighted by Gasteiger charge is 2.13. The minimum atomic E-state index is -0.236. The van der Waals surface area contributed by atoms with Crippen molar-refractivity contribution in [2.45, 2.75) is 46.2 Å². The molecule has 106 valence electrons. The highest BCUT2D eigenvalue weighted by molar-refractivity contribution is 5.77. The van der Waals surface area contributed by atoms with Crippen LogP contribution >= 0.6 is 0 Å². The Kier molecular flexibility index (Phi) is 5.96. The lowest BCUT2D eigenvalue weighted by Gasteiger charge is -2.17. The zero-order chi connectivity index (χ0) is 14.4. The van der Waals surface area contributed by atoms with Gasteiger partial charge in [0.2, 0.25) is 5.91 Å². The van der Waals surface area contributed by atoms with Gasteiger partial charge in [0.05, 0.1) is 6.04 Å². The standard InChI is InChI=1S/C15H23FN2O/c1-5-17-11(3)8-15(19)18-12(4)13-7-6-10(2)14(16)9-13/h6-7,9,11-12,17H,5,8H2,1-4H3,(H,18,19). The second-order valence-electron chi connectivity index (χ2n) is 4.96. The van der Waals surface area contributed by atoms with Gasteiger partial charge in [0.25, 0.3) is 0 Å². The van der Waals surface area contributed by atoms with Crippen LogP contribution in [0.1, 0.15) is 44.4 Å². The van der Waals surface area contributed by atoms with Crippen LogP contribution in [0.4, 0.5) is 4.39 Å². The average Bonchev–Trinajstić information content (AvgIpc) is 2.32. The van der Waals surface area contributed by atoms with E-state index in [4.69, 9.17) is 0 Å². The summed E-state index contributed by atoms with van der Waals surface area (Å²) in [4.78, 5) is 11.8. The summed E-state index contributed by atoms with van der Waals surface area (Å²) < 4.78 is 13.5. The Morgan fingerprint density at radius 2 is 2.05 bits per heavy atom. The lowest BCUT2D eigenvalue weighted by Crippen LogP contribution is -2.34. The molecular weight excluding hydrogens is 243 g/mol. The van der Waals surface area contributed by atoms with Gasteiger partial charge in [-0.1, -0.05) is 19.1 Å². The molecule has 1 aromatic rings. The number of rotatable bonds is 6. The number of nitrogens with one attached hydrogen (secondary N) is 2. The third-order valence-electron chi connectivity index (χ3n) is 3.12. The molecule has 0 radical (unpaired) electrons. The number of hydrogen-bond acceptors (Lipinski definition) is 2. The van der Waals surface area contributed by atoms with Crippen molar-refractivity contribution in [1.82, 2.24) is 10.6 Å². The molecule has 1 amide bonds. The molecule has 19 heavy (non-hydrogen) atoms. The van der Waals surface area contributed by atoms with Crippen molar-refractivity contribution in [2.24, 2.45) is 0 Å². The molecule has 0 aliphatic rings. The van der Waals surface area contributed by atoms with E-state index < -0.39 is 0 Å². The summed E-state index contributed by atoms with van der Waals surface area (Å²) in [5, 5.41) is 6.07. The van der Waals surface area contributed by atoms with Gasteiger partial charge in [-0.2, -0.15) is 0 Å². The molecule has 0 fully saturated rings. The van der Waals surface area contributed by atoms with Crippen LogP contribution in [0.3, 0.4) is 0 Å². The predicted molar refractivity (Wildman–Crippen MR) is 75.5 cm³/mol. The second-order valence-corrected chi connectivity index (χ2v) is 4.96. The molecule has 0 heterocycles. The lowest BCUT2D eigenvalue weighted by atomic mass is 10.1. The van der Waals surface area contributed by atoms with Gasteiger partial charge in [0, 0.05) is 12.5 Å². The second kappa shape index (κ2) is 7.24. The Bertz CT molecular complexity index is 434. The Morgan fingerprint density at radius 3 is 2.63 bits per heavy atom. The minimum absolute atomic E-state index is 0.0260. The Balaban J connectivity index is 2.56. The van der Waals surface area contributed by atoms with Crippen LogP contribution in [0.2, 0.25) is 0 Å². The van der Waals surface area contributed by atoms with E-state index in [0.29, 0.717) is 12.0 Å². The third kappa shape index (κ3) is 4.99. The number of carbonyl (C=O) groups is 1. The topological polar surface area (TPSA) is 41.1 Å². The van der Waals surface area contributed by atoms with E-state index in [9.17, 15) is 9.18 Å². The number of hydrogen-bond donors (Lipinski definition) is 2. The molecule has 0 saturated heterocycles. The average molecular weight is 266 g/mol. The minimum Gasteiger partial charge on any atom is -0.350 e. The highest BCUT2D eigenvalue weighted by atomic mass is 19.1. The van der Waals surface area contributed by atoms with Crippen molar-refractivity contribution < 1.29 is 9.18 Å². The highest BCUT2D eigenvalue weighted by Crippen LogP contribution is 2.16. The van der Waals surface area contributed by atoms with Gasteiger partial charge in [-0.15, -0.1) is 0 Å².